The van der Waals surface area contributed by atoms with Gasteiger partial charge < -0.3 is 15.2 Å². The molecule has 0 saturated heterocycles. The van der Waals surface area contributed by atoms with E-state index in [2.05, 4.69) is 4.74 Å². The fraction of sp³-hybridized carbons (Fsp3) is 0.455. The summed E-state index contributed by atoms with van der Waals surface area (Å²) in [5.41, 5.74) is 6.11. The van der Waals surface area contributed by atoms with Crippen LogP contribution in [-0.4, -0.2) is 19.6 Å². The smallest absolute Gasteiger partial charge is 0.411 e. The molecule has 1 atom stereocenters. The molecular formula is C11H13F4NO2. The standard InChI is InChI=1S/C11H13F4NO2/c1-7(16)8-2-3-10(9(12)4-8)18-6-17-5-11(13,14)15/h2-4,7H,5-6,16H2,1H3/t7-/m0/s1. The van der Waals surface area contributed by atoms with E-state index in [-0.39, 0.29) is 11.8 Å². The van der Waals surface area contributed by atoms with Crippen LogP contribution in [0.25, 0.3) is 0 Å². The predicted octanol–water partition coefficient (Wildman–Crippen LogP) is 2.76. The zero-order valence-electron chi connectivity index (χ0n) is 9.63. The number of nitrogens with two attached hydrogens (primary N) is 1. The summed E-state index contributed by atoms with van der Waals surface area (Å²) < 4.78 is 57.5. The largest absolute Gasteiger partial charge is 0.464 e. The van der Waals surface area contributed by atoms with E-state index >= 15 is 0 Å². The molecule has 0 amide bonds. The summed E-state index contributed by atoms with van der Waals surface area (Å²) in [4.78, 5) is 0. The first-order chi connectivity index (χ1) is 8.29. The minimum absolute atomic E-state index is 0.179. The number of halogens is 4. The van der Waals surface area contributed by atoms with Crippen molar-refractivity contribution < 1.29 is 27.0 Å². The van der Waals surface area contributed by atoms with Crippen molar-refractivity contribution in [2.45, 2.75) is 19.1 Å². The van der Waals surface area contributed by atoms with Crippen molar-refractivity contribution in [2.24, 2.45) is 5.73 Å². The third kappa shape index (κ3) is 4.89. The Kier molecular flexibility index (Phi) is 4.92. The second kappa shape index (κ2) is 6.01. The maximum Gasteiger partial charge on any atom is 0.411 e. The summed E-state index contributed by atoms with van der Waals surface area (Å²) >= 11 is 0. The lowest BCUT2D eigenvalue weighted by Crippen LogP contribution is -2.19. The first-order valence-corrected chi connectivity index (χ1v) is 5.12. The molecule has 0 spiro atoms. The van der Waals surface area contributed by atoms with Gasteiger partial charge in [-0.2, -0.15) is 13.2 Å². The molecule has 0 saturated carbocycles. The first-order valence-electron chi connectivity index (χ1n) is 5.12. The quantitative estimate of drug-likeness (QED) is 0.507. The Hall–Kier alpha value is -1.34. The van der Waals surface area contributed by atoms with Gasteiger partial charge in [0.05, 0.1) is 0 Å². The molecule has 1 aromatic rings. The van der Waals surface area contributed by atoms with E-state index in [0.717, 1.165) is 0 Å². The molecule has 0 unspecified atom stereocenters. The highest BCUT2D eigenvalue weighted by molar-refractivity contribution is 5.30. The minimum Gasteiger partial charge on any atom is -0.464 e. The van der Waals surface area contributed by atoms with E-state index in [1.807, 2.05) is 0 Å². The Labute approximate surface area is 101 Å². The van der Waals surface area contributed by atoms with Gasteiger partial charge in [0.1, 0.15) is 6.61 Å². The van der Waals surface area contributed by atoms with E-state index in [9.17, 15) is 17.6 Å². The summed E-state index contributed by atoms with van der Waals surface area (Å²) in [6.07, 6.45) is -4.43. The maximum absolute atomic E-state index is 13.4. The number of hydrogen-bond acceptors (Lipinski definition) is 3. The lowest BCUT2D eigenvalue weighted by Gasteiger charge is -2.11. The van der Waals surface area contributed by atoms with Crippen LogP contribution >= 0.6 is 0 Å². The average Bonchev–Trinajstić information content (AvgIpc) is 2.24. The van der Waals surface area contributed by atoms with Crippen LogP contribution < -0.4 is 10.5 Å². The highest BCUT2D eigenvalue weighted by Crippen LogP contribution is 2.21. The van der Waals surface area contributed by atoms with Crippen molar-refractivity contribution in [1.29, 1.82) is 0 Å². The molecule has 102 valence electrons. The lowest BCUT2D eigenvalue weighted by atomic mass is 10.1. The SMILES string of the molecule is C[C@H](N)c1ccc(OCOCC(F)(F)F)c(F)c1. The predicted molar refractivity (Wildman–Crippen MR) is 56.5 cm³/mol. The van der Waals surface area contributed by atoms with Crippen LogP contribution in [0.1, 0.15) is 18.5 Å². The summed E-state index contributed by atoms with van der Waals surface area (Å²) in [6, 6.07) is 3.66. The van der Waals surface area contributed by atoms with Gasteiger partial charge in [-0.25, -0.2) is 4.39 Å². The maximum atomic E-state index is 13.4. The van der Waals surface area contributed by atoms with Gasteiger partial charge in [0.25, 0.3) is 0 Å². The Morgan fingerprint density at radius 1 is 1.33 bits per heavy atom. The first kappa shape index (κ1) is 14.7. The van der Waals surface area contributed by atoms with Gasteiger partial charge in [0.2, 0.25) is 0 Å². The van der Waals surface area contributed by atoms with Gasteiger partial charge in [-0.3, -0.25) is 0 Å². The number of alkyl halides is 3. The topological polar surface area (TPSA) is 44.5 Å². The van der Waals surface area contributed by atoms with Gasteiger partial charge in [0, 0.05) is 6.04 Å². The number of rotatable bonds is 5. The normalized spacial score (nSPS) is 13.4. The van der Waals surface area contributed by atoms with Gasteiger partial charge in [0.15, 0.2) is 18.4 Å². The van der Waals surface area contributed by atoms with Crippen molar-refractivity contribution in [1.82, 2.24) is 0 Å². The van der Waals surface area contributed by atoms with Crippen molar-refractivity contribution in [3.05, 3.63) is 29.6 Å². The number of ether oxygens (including phenoxy) is 2. The molecule has 2 N–H and O–H groups in total. The molecular weight excluding hydrogens is 254 g/mol. The Morgan fingerprint density at radius 2 is 2.00 bits per heavy atom. The molecule has 0 aliphatic heterocycles. The Morgan fingerprint density at radius 3 is 2.50 bits per heavy atom. The molecule has 18 heavy (non-hydrogen) atoms. The molecule has 0 bridgehead atoms. The lowest BCUT2D eigenvalue weighted by molar-refractivity contribution is -0.187. The van der Waals surface area contributed by atoms with Crippen LogP contribution in [0.5, 0.6) is 5.75 Å². The molecule has 0 heterocycles. The Balaban J connectivity index is 2.48. The fourth-order valence-electron chi connectivity index (χ4n) is 1.18. The zero-order valence-corrected chi connectivity index (χ0v) is 9.63. The van der Waals surface area contributed by atoms with Gasteiger partial charge in [-0.05, 0) is 24.6 Å². The van der Waals surface area contributed by atoms with E-state index < -0.39 is 25.4 Å². The minimum atomic E-state index is -4.43. The van der Waals surface area contributed by atoms with Crippen LogP contribution in [0.2, 0.25) is 0 Å². The number of hydrogen-bond donors (Lipinski definition) is 1. The van der Waals surface area contributed by atoms with Crippen LogP contribution in [0.3, 0.4) is 0 Å². The third-order valence-electron chi connectivity index (χ3n) is 2.05. The van der Waals surface area contributed by atoms with Gasteiger partial charge in [-0.15, -0.1) is 0 Å². The molecule has 1 aromatic carbocycles. The molecule has 1 rings (SSSR count). The molecule has 0 aliphatic carbocycles. The molecule has 0 aliphatic rings. The van der Waals surface area contributed by atoms with E-state index in [0.29, 0.717) is 5.56 Å². The van der Waals surface area contributed by atoms with E-state index in [4.69, 9.17) is 10.5 Å². The third-order valence-corrected chi connectivity index (χ3v) is 2.05. The van der Waals surface area contributed by atoms with Crippen molar-refractivity contribution in [3.63, 3.8) is 0 Å². The van der Waals surface area contributed by atoms with Gasteiger partial charge >= 0.3 is 6.18 Å². The molecule has 0 fully saturated rings. The summed E-state index contributed by atoms with van der Waals surface area (Å²) in [6.45, 7) is -0.428. The van der Waals surface area contributed by atoms with E-state index in [1.165, 1.54) is 18.2 Å². The summed E-state index contributed by atoms with van der Waals surface area (Å²) in [5.74, 6) is -0.873. The number of benzene rings is 1. The fourth-order valence-corrected chi connectivity index (χ4v) is 1.18. The van der Waals surface area contributed by atoms with Crippen LogP contribution in [0.15, 0.2) is 18.2 Å². The highest BCUT2D eigenvalue weighted by Gasteiger charge is 2.27. The van der Waals surface area contributed by atoms with Gasteiger partial charge in [-0.1, -0.05) is 6.07 Å². The van der Waals surface area contributed by atoms with Crippen molar-refractivity contribution in [3.8, 4) is 5.75 Å². The van der Waals surface area contributed by atoms with Crippen LogP contribution in [0.4, 0.5) is 17.6 Å². The molecule has 0 radical (unpaired) electrons. The second-order valence-electron chi connectivity index (χ2n) is 3.70. The highest BCUT2D eigenvalue weighted by atomic mass is 19.4. The van der Waals surface area contributed by atoms with E-state index in [1.54, 1.807) is 6.92 Å². The average molecular weight is 267 g/mol. The zero-order chi connectivity index (χ0) is 13.8. The van der Waals surface area contributed by atoms with Crippen LogP contribution in [-0.2, 0) is 4.74 Å². The summed E-state index contributed by atoms with van der Waals surface area (Å²) in [7, 11) is 0. The van der Waals surface area contributed by atoms with Crippen molar-refractivity contribution >= 4 is 0 Å². The monoisotopic (exact) mass is 267 g/mol. The summed E-state index contributed by atoms with van der Waals surface area (Å²) in [5, 5.41) is 0. The van der Waals surface area contributed by atoms with Crippen LogP contribution in [0, 0.1) is 5.82 Å². The molecule has 7 heteroatoms. The second-order valence-corrected chi connectivity index (χ2v) is 3.70. The molecule has 3 nitrogen and oxygen atoms in total. The molecule has 0 aromatic heterocycles. The van der Waals surface area contributed by atoms with Crippen molar-refractivity contribution in [2.75, 3.05) is 13.4 Å². The Bertz CT molecular complexity index is 393.